The Morgan fingerprint density at radius 1 is 1.59 bits per heavy atom. The molecule has 0 aliphatic rings. The first-order valence-electron chi connectivity index (χ1n) is 4.80. The highest BCUT2D eigenvalue weighted by molar-refractivity contribution is 7.18. The minimum Gasteiger partial charge on any atom is -0.477 e. The van der Waals surface area contributed by atoms with Gasteiger partial charge in [-0.15, -0.1) is 5.10 Å². The van der Waals surface area contributed by atoms with Gasteiger partial charge in [0.15, 0.2) is 5.76 Å². The minimum atomic E-state index is -0.959. The lowest BCUT2D eigenvalue weighted by atomic mass is 10.4. The van der Waals surface area contributed by atoms with Gasteiger partial charge in [-0.3, -0.25) is 0 Å². The summed E-state index contributed by atoms with van der Waals surface area (Å²) in [4.78, 5) is 16.0. The Bertz CT molecular complexity index is 696. The monoisotopic (exact) mass is 249 g/mol. The van der Waals surface area contributed by atoms with E-state index in [1.165, 1.54) is 4.52 Å². The lowest BCUT2D eigenvalue weighted by Crippen LogP contribution is -1.97. The van der Waals surface area contributed by atoms with Crippen molar-refractivity contribution in [3.8, 4) is 11.6 Å². The fourth-order valence-electron chi connectivity index (χ4n) is 1.55. The van der Waals surface area contributed by atoms with Crippen LogP contribution in [0.5, 0.6) is 0 Å². The molecule has 0 radical (unpaired) electrons. The van der Waals surface area contributed by atoms with Crippen LogP contribution in [0.1, 0.15) is 15.4 Å². The van der Waals surface area contributed by atoms with Crippen LogP contribution in [-0.2, 0) is 0 Å². The fourth-order valence-corrected chi connectivity index (χ4v) is 2.45. The van der Waals surface area contributed by atoms with Crippen LogP contribution in [-0.4, -0.2) is 25.7 Å². The number of carboxylic acid groups (broad SMARTS) is 1. The van der Waals surface area contributed by atoms with Crippen molar-refractivity contribution in [2.75, 3.05) is 0 Å². The van der Waals surface area contributed by atoms with Crippen LogP contribution in [0.4, 0.5) is 0 Å². The second-order valence-corrected chi connectivity index (χ2v) is 4.41. The highest BCUT2D eigenvalue weighted by Crippen LogP contribution is 2.24. The van der Waals surface area contributed by atoms with Crippen molar-refractivity contribution < 1.29 is 14.3 Å². The third kappa shape index (κ3) is 1.43. The largest absolute Gasteiger partial charge is 0.477 e. The van der Waals surface area contributed by atoms with Crippen molar-refractivity contribution in [1.82, 2.24) is 14.6 Å². The van der Waals surface area contributed by atoms with E-state index in [0.717, 1.165) is 11.3 Å². The number of nitrogens with zero attached hydrogens (tertiary/aromatic N) is 3. The highest BCUT2D eigenvalue weighted by atomic mass is 32.1. The van der Waals surface area contributed by atoms with Crippen LogP contribution in [0.15, 0.2) is 22.8 Å². The van der Waals surface area contributed by atoms with Crippen LogP contribution >= 0.6 is 11.3 Å². The molecule has 0 atom stereocenters. The SMILES string of the molecule is Cc1c(C(=O)O)sc2nc(-c3ccco3)nn12. The number of aromatic nitrogens is 3. The number of furan rings is 1. The molecule has 3 aromatic rings. The van der Waals surface area contributed by atoms with Gasteiger partial charge in [0, 0.05) is 0 Å². The summed E-state index contributed by atoms with van der Waals surface area (Å²) in [5.74, 6) is 0.0674. The van der Waals surface area contributed by atoms with Crippen molar-refractivity contribution in [3.05, 3.63) is 29.0 Å². The van der Waals surface area contributed by atoms with E-state index < -0.39 is 5.97 Å². The standard InChI is InChI=1S/C10H7N3O3S/c1-5-7(9(14)15)17-10-11-8(12-13(5)10)6-3-2-4-16-6/h2-4H,1H3,(H,14,15). The van der Waals surface area contributed by atoms with Crippen LogP contribution in [0.25, 0.3) is 16.5 Å². The van der Waals surface area contributed by atoms with E-state index in [0.29, 0.717) is 22.2 Å². The maximum absolute atomic E-state index is 10.9. The Labute approximate surface area is 99.1 Å². The van der Waals surface area contributed by atoms with E-state index in [1.54, 1.807) is 25.3 Å². The number of aromatic carboxylic acids is 1. The zero-order valence-electron chi connectivity index (χ0n) is 8.75. The van der Waals surface area contributed by atoms with Gasteiger partial charge < -0.3 is 9.52 Å². The summed E-state index contributed by atoms with van der Waals surface area (Å²) in [6.45, 7) is 1.70. The molecule has 1 N–H and O–H groups in total. The molecule has 0 bridgehead atoms. The van der Waals surface area contributed by atoms with Gasteiger partial charge in [-0.25, -0.2) is 9.31 Å². The average Bonchev–Trinajstić information content (AvgIpc) is 2.94. The van der Waals surface area contributed by atoms with E-state index in [-0.39, 0.29) is 4.88 Å². The third-order valence-electron chi connectivity index (χ3n) is 2.35. The van der Waals surface area contributed by atoms with Crippen LogP contribution < -0.4 is 0 Å². The normalized spacial score (nSPS) is 11.1. The first-order valence-corrected chi connectivity index (χ1v) is 5.62. The first kappa shape index (κ1) is 10.0. The molecule has 0 aliphatic heterocycles. The highest BCUT2D eigenvalue weighted by Gasteiger charge is 2.18. The van der Waals surface area contributed by atoms with Crippen molar-refractivity contribution in [2.45, 2.75) is 6.92 Å². The van der Waals surface area contributed by atoms with Crippen LogP contribution in [0.2, 0.25) is 0 Å². The van der Waals surface area contributed by atoms with Crippen molar-refractivity contribution in [1.29, 1.82) is 0 Å². The van der Waals surface area contributed by atoms with Gasteiger partial charge in [-0.1, -0.05) is 11.3 Å². The zero-order chi connectivity index (χ0) is 12.0. The van der Waals surface area contributed by atoms with Gasteiger partial charge in [0.25, 0.3) is 0 Å². The first-order chi connectivity index (χ1) is 8.16. The molecule has 0 saturated carbocycles. The number of carbonyl (C=O) groups is 1. The predicted octanol–water partition coefficient (Wildman–Crippen LogP) is 2.06. The summed E-state index contributed by atoms with van der Waals surface area (Å²) in [6.07, 6.45) is 1.54. The Hall–Kier alpha value is -2.15. The number of rotatable bonds is 2. The smallest absolute Gasteiger partial charge is 0.347 e. The number of hydrogen-bond acceptors (Lipinski definition) is 5. The lowest BCUT2D eigenvalue weighted by molar-refractivity contribution is 0.0701. The third-order valence-corrected chi connectivity index (χ3v) is 3.47. The molecular formula is C10H7N3O3S. The maximum atomic E-state index is 10.9. The molecule has 0 saturated heterocycles. The number of hydrogen-bond donors (Lipinski definition) is 1. The van der Waals surface area contributed by atoms with E-state index in [1.807, 2.05) is 0 Å². The van der Waals surface area contributed by atoms with Gasteiger partial charge in [0.1, 0.15) is 4.88 Å². The van der Waals surface area contributed by atoms with Crippen molar-refractivity contribution >= 4 is 22.3 Å². The number of aryl methyl sites for hydroxylation is 1. The minimum absolute atomic E-state index is 0.256. The Balaban J connectivity index is 2.19. The van der Waals surface area contributed by atoms with E-state index in [4.69, 9.17) is 9.52 Å². The number of thiazole rings is 1. The Kier molecular flexibility index (Phi) is 2.02. The van der Waals surface area contributed by atoms with E-state index in [2.05, 4.69) is 10.1 Å². The van der Waals surface area contributed by atoms with Crippen molar-refractivity contribution in [3.63, 3.8) is 0 Å². The van der Waals surface area contributed by atoms with Crippen LogP contribution in [0, 0.1) is 6.92 Å². The molecule has 0 aromatic carbocycles. The summed E-state index contributed by atoms with van der Waals surface area (Å²) >= 11 is 1.10. The lowest BCUT2D eigenvalue weighted by Gasteiger charge is -1.90. The number of fused-ring (bicyclic) bond motifs is 1. The van der Waals surface area contributed by atoms with Gasteiger partial charge in [-0.2, -0.15) is 4.98 Å². The summed E-state index contributed by atoms with van der Waals surface area (Å²) in [6, 6.07) is 3.51. The van der Waals surface area contributed by atoms with Crippen molar-refractivity contribution in [2.24, 2.45) is 0 Å². The van der Waals surface area contributed by atoms with Gasteiger partial charge in [0.05, 0.1) is 12.0 Å². The molecule has 0 spiro atoms. The summed E-state index contributed by atoms with van der Waals surface area (Å²) in [7, 11) is 0. The molecular weight excluding hydrogens is 242 g/mol. The molecule has 86 valence electrons. The van der Waals surface area contributed by atoms with Gasteiger partial charge >= 0.3 is 5.97 Å². The molecule has 17 heavy (non-hydrogen) atoms. The molecule has 3 heterocycles. The second-order valence-electron chi connectivity index (χ2n) is 3.43. The molecule has 0 amide bonds. The molecule has 3 aromatic heterocycles. The van der Waals surface area contributed by atoms with E-state index >= 15 is 0 Å². The van der Waals surface area contributed by atoms with E-state index in [9.17, 15) is 4.79 Å². The molecule has 7 heteroatoms. The van der Waals surface area contributed by atoms with Crippen LogP contribution in [0.3, 0.4) is 0 Å². The molecule has 0 aliphatic carbocycles. The molecule has 6 nitrogen and oxygen atoms in total. The predicted molar refractivity (Wildman–Crippen MR) is 60.3 cm³/mol. The molecule has 0 unspecified atom stereocenters. The average molecular weight is 249 g/mol. The Morgan fingerprint density at radius 3 is 3.00 bits per heavy atom. The fraction of sp³-hybridized carbons (Fsp3) is 0.100. The summed E-state index contributed by atoms with van der Waals surface area (Å²) in [5, 5.41) is 13.2. The van der Waals surface area contributed by atoms with Gasteiger partial charge in [-0.05, 0) is 19.1 Å². The summed E-state index contributed by atoms with van der Waals surface area (Å²) in [5.41, 5.74) is 0.572. The van der Waals surface area contributed by atoms with Gasteiger partial charge in [0.2, 0.25) is 10.8 Å². The summed E-state index contributed by atoms with van der Waals surface area (Å²) < 4.78 is 6.71. The Morgan fingerprint density at radius 2 is 2.41 bits per heavy atom. The topological polar surface area (TPSA) is 80.6 Å². The second kappa shape index (κ2) is 3.42. The molecule has 0 fully saturated rings. The number of carboxylic acids is 1. The quantitative estimate of drug-likeness (QED) is 0.751. The maximum Gasteiger partial charge on any atom is 0.347 e. The molecule has 3 rings (SSSR count). The zero-order valence-corrected chi connectivity index (χ0v) is 9.56.